The minimum atomic E-state index is 0.101. The Balaban J connectivity index is 2.31. The maximum atomic E-state index is 5.65. The molecule has 1 rings (SSSR count). The van der Waals surface area contributed by atoms with Gasteiger partial charge >= 0.3 is 0 Å². The number of methoxy groups -OCH3 is 1. The Kier molecular flexibility index (Phi) is 9.75. The van der Waals surface area contributed by atoms with Gasteiger partial charge in [-0.05, 0) is 32.1 Å². The summed E-state index contributed by atoms with van der Waals surface area (Å²) in [5.74, 6) is 0.868. The molecular weight excluding hydrogens is 316 g/mol. The molecule has 1 atom stereocenters. The van der Waals surface area contributed by atoms with Crippen molar-refractivity contribution in [3.63, 3.8) is 0 Å². The van der Waals surface area contributed by atoms with Crippen molar-refractivity contribution in [1.82, 2.24) is 15.5 Å². The SMILES string of the molecule is CN=C(NCC(OC)C(C)(C)C)NC1CCN(CCOC(C)C)CC1. The van der Waals surface area contributed by atoms with E-state index in [1.165, 1.54) is 0 Å². The normalized spacial score (nSPS) is 19.3. The highest BCUT2D eigenvalue weighted by atomic mass is 16.5. The number of nitrogens with one attached hydrogen (secondary N) is 2. The van der Waals surface area contributed by atoms with Gasteiger partial charge in [0.1, 0.15) is 0 Å². The van der Waals surface area contributed by atoms with Gasteiger partial charge in [0.05, 0.1) is 18.8 Å². The van der Waals surface area contributed by atoms with E-state index >= 15 is 0 Å². The van der Waals surface area contributed by atoms with Crippen molar-refractivity contribution in [2.75, 3.05) is 46.9 Å². The van der Waals surface area contributed by atoms with Crippen LogP contribution in [0.25, 0.3) is 0 Å². The number of likely N-dealkylation sites (tertiary alicyclic amines) is 1. The molecule has 1 heterocycles. The van der Waals surface area contributed by atoms with Crippen LogP contribution in [0.2, 0.25) is 0 Å². The van der Waals surface area contributed by atoms with Gasteiger partial charge in [-0.1, -0.05) is 20.8 Å². The standard InChI is InChI=1S/C19H40N4O2/c1-15(2)25-13-12-23-10-8-16(9-11-23)22-18(20-6)21-14-17(24-7)19(3,4)5/h15-17H,8-14H2,1-7H3,(H2,20,21,22). The molecule has 1 unspecified atom stereocenters. The van der Waals surface area contributed by atoms with Gasteiger partial charge in [0.2, 0.25) is 0 Å². The number of rotatable bonds is 8. The summed E-state index contributed by atoms with van der Waals surface area (Å²) in [6, 6.07) is 0.476. The molecule has 0 spiro atoms. The Morgan fingerprint density at radius 3 is 2.36 bits per heavy atom. The summed E-state index contributed by atoms with van der Waals surface area (Å²) in [6.45, 7) is 15.6. The second kappa shape index (κ2) is 11.0. The summed E-state index contributed by atoms with van der Waals surface area (Å²) in [4.78, 5) is 6.85. The Hall–Kier alpha value is -0.850. The van der Waals surface area contributed by atoms with Crippen molar-refractivity contribution >= 4 is 5.96 Å². The molecule has 0 bridgehead atoms. The fraction of sp³-hybridized carbons (Fsp3) is 0.947. The topological polar surface area (TPSA) is 58.1 Å². The first kappa shape index (κ1) is 22.2. The highest BCUT2D eigenvalue weighted by Crippen LogP contribution is 2.21. The first-order chi connectivity index (χ1) is 11.8. The maximum absolute atomic E-state index is 5.65. The summed E-state index contributed by atoms with van der Waals surface area (Å²) in [6.07, 6.45) is 2.73. The number of guanidine groups is 1. The minimum Gasteiger partial charge on any atom is -0.379 e. The molecule has 0 radical (unpaired) electrons. The molecule has 6 heteroatoms. The van der Waals surface area contributed by atoms with E-state index in [1.54, 1.807) is 7.11 Å². The molecule has 1 aliphatic rings. The fourth-order valence-electron chi connectivity index (χ4n) is 3.04. The third-order valence-corrected chi connectivity index (χ3v) is 4.72. The molecule has 0 saturated carbocycles. The minimum absolute atomic E-state index is 0.101. The van der Waals surface area contributed by atoms with E-state index in [2.05, 4.69) is 55.1 Å². The summed E-state index contributed by atoms with van der Waals surface area (Å²) >= 11 is 0. The van der Waals surface area contributed by atoms with Crippen LogP contribution in [0.15, 0.2) is 4.99 Å². The molecule has 2 N–H and O–H groups in total. The van der Waals surface area contributed by atoms with Gasteiger partial charge in [0, 0.05) is 46.4 Å². The second-order valence-electron chi connectivity index (χ2n) is 8.22. The number of ether oxygens (including phenoxy) is 2. The van der Waals surface area contributed by atoms with Crippen molar-refractivity contribution in [3.05, 3.63) is 0 Å². The zero-order valence-electron chi connectivity index (χ0n) is 17.4. The van der Waals surface area contributed by atoms with E-state index in [-0.39, 0.29) is 11.5 Å². The van der Waals surface area contributed by atoms with Gasteiger partial charge in [-0.2, -0.15) is 0 Å². The van der Waals surface area contributed by atoms with Crippen molar-refractivity contribution < 1.29 is 9.47 Å². The molecule has 1 saturated heterocycles. The monoisotopic (exact) mass is 356 g/mol. The summed E-state index contributed by atoms with van der Waals surface area (Å²) in [7, 11) is 3.60. The van der Waals surface area contributed by atoms with Gasteiger partial charge < -0.3 is 25.0 Å². The van der Waals surface area contributed by atoms with E-state index in [1.807, 2.05) is 7.05 Å². The van der Waals surface area contributed by atoms with Crippen LogP contribution in [-0.2, 0) is 9.47 Å². The van der Waals surface area contributed by atoms with Crippen LogP contribution in [0.1, 0.15) is 47.5 Å². The average molecular weight is 357 g/mol. The van der Waals surface area contributed by atoms with E-state index in [0.29, 0.717) is 12.1 Å². The number of hydrogen-bond acceptors (Lipinski definition) is 4. The quantitative estimate of drug-likeness (QED) is 0.515. The largest absolute Gasteiger partial charge is 0.379 e. The predicted molar refractivity (Wildman–Crippen MR) is 105 cm³/mol. The first-order valence-corrected chi connectivity index (χ1v) is 9.60. The van der Waals surface area contributed by atoms with E-state index in [9.17, 15) is 0 Å². The first-order valence-electron chi connectivity index (χ1n) is 9.60. The molecule has 1 fully saturated rings. The van der Waals surface area contributed by atoms with E-state index in [0.717, 1.165) is 51.6 Å². The van der Waals surface area contributed by atoms with Crippen molar-refractivity contribution in [2.45, 2.75) is 65.7 Å². The van der Waals surface area contributed by atoms with Crippen molar-refractivity contribution in [1.29, 1.82) is 0 Å². The highest BCUT2D eigenvalue weighted by Gasteiger charge is 2.25. The smallest absolute Gasteiger partial charge is 0.191 e. The third kappa shape index (κ3) is 8.88. The molecule has 0 aromatic heterocycles. The molecule has 1 aliphatic heterocycles. The molecule has 148 valence electrons. The van der Waals surface area contributed by atoms with Gasteiger partial charge in [-0.3, -0.25) is 4.99 Å². The summed E-state index contributed by atoms with van der Waals surface area (Å²) in [5.41, 5.74) is 0.101. The number of piperidine rings is 1. The third-order valence-electron chi connectivity index (χ3n) is 4.72. The van der Waals surface area contributed by atoms with E-state index in [4.69, 9.17) is 9.47 Å². The fourth-order valence-corrected chi connectivity index (χ4v) is 3.04. The zero-order valence-corrected chi connectivity index (χ0v) is 17.4. The number of nitrogens with zero attached hydrogens (tertiary/aromatic N) is 2. The zero-order chi connectivity index (χ0) is 18.9. The summed E-state index contributed by atoms with van der Waals surface area (Å²) < 4.78 is 11.3. The van der Waals surface area contributed by atoms with Crippen molar-refractivity contribution in [3.8, 4) is 0 Å². The van der Waals surface area contributed by atoms with Crippen LogP contribution in [0.5, 0.6) is 0 Å². The molecule has 0 aliphatic carbocycles. The highest BCUT2D eigenvalue weighted by molar-refractivity contribution is 5.80. The van der Waals surface area contributed by atoms with Crippen molar-refractivity contribution in [2.24, 2.45) is 10.4 Å². The number of hydrogen-bond donors (Lipinski definition) is 2. The Morgan fingerprint density at radius 1 is 1.24 bits per heavy atom. The van der Waals surface area contributed by atoms with E-state index < -0.39 is 0 Å². The second-order valence-corrected chi connectivity index (χ2v) is 8.22. The Morgan fingerprint density at radius 2 is 1.88 bits per heavy atom. The molecular formula is C19H40N4O2. The lowest BCUT2D eigenvalue weighted by Crippen LogP contribution is -2.51. The van der Waals surface area contributed by atoms with Crippen LogP contribution in [-0.4, -0.2) is 76.1 Å². The molecule has 0 amide bonds. The predicted octanol–water partition coefficient (Wildman–Crippen LogP) is 2.10. The lowest BCUT2D eigenvalue weighted by molar-refractivity contribution is 0.0204. The Labute approximate surface area is 154 Å². The molecule has 6 nitrogen and oxygen atoms in total. The lowest BCUT2D eigenvalue weighted by atomic mass is 9.89. The summed E-state index contributed by atoms with van der Waals surface area (Å²) in [5, 5.41) is 6.97. The van der Waals surface area contributed by atoms with Gasteiger partial charge in [0.25, 0.3) is 0 Å². The van der Waals surface area contributed by atoms with Gasteiger partial charge in [0.15, 0.2) is 5.96 Å². The van der Waals surface area contributed by atoms with Gasteiger partial charge in [-0.25, -0.2) is 0 Å². The number of aliphatic imine (C=N–C) groups is 1. The Bertz CT molecular complexity index is 385. The van der Waals surface area contributed by atoms with Crippen LogP contribution in [0.4, 0.5) is 0 Å². The van der Waals surface area contributed by atoms with Crippen LogP contribution >= 0.6 is 0 Å². The van der Waals surface area contributed by atoms with Crippen LogP contribution in [0.3, 0.4) is 0 Å². The van der Waals surface area contributed by atoms with Crippen LogP contribution in [0, 0.1) is 5.41 Å². The van der Waals surface area contributed by atoms with Gasteiger partial charge in [-0.15, -0.1) is 0 Å². The average Bonchev–Trinajstić information content (AvgIpc) is 2.54. The maximum Gasteiger partial charge on any atom is 0.191 e. The molecule has 0 aromatic rings. The molecule has 25 heavy (non-hydrogen) atoms. The lowest BCUT2D eigenvalue weighted by Gasteiger charge is -2.34. The van der Waals surface area contributed by atoms with Crippen LogP contribution < -0.4 is 10.6 Å². The molecule has 0 aromatic carbocycles.